The first-order valence-corrected chi connectivity index (χ1v) is 16.1. The number of benzene rings is 2. The molecule has 4 aromatic rings. The highest BCUT2D eigenvalue weighted by atomic mass is 32.2. The van der Waals surface area contributed by atoms with Crippen molar-refractivity contribution in [1.82, 2.24) is 20.3 Å². The summed E-state index contributed by atoms with van der Waals surface area (Å²) in [4.78, 5) is 13.6. The Morgan fingerprint density at radius 1 is 1.09 bits per heavy atom. The lowest BCUT2D eigenvalue weighted by Gasteiger charge is -2.40. The van der Waals surface area contributed by atoms with Gasteiger partial charge >= 0.3 is 0 Å². The third-order valence-corrected chi connectivity index (χ3v) is 9.70. The minimum Gasteiger partial charge on any atom is -0.437 e. The van der Waals surface area contributed by atoms with Gasteiger partial charge in [-0.2, -0.15) is 0 Å². The second-order valence-corrected chi connectivity index (χ2v) is 13.3. The fourth-order valence-corrected chi connectivity index (χ4v) is 7.31. The molecule has 1 aliphatic heterocycles. The molecule has 2 aromatic heterocycles. The molecule has 1 aliphatic carbocycles. The number of piperidine rings is 1. The van der Waals surface area contributed by atoms with Crippen molar-refractivity contribution in [2.24, 2.45) is 5.92 Å². The zero-order valence-electron chi connectivity index (χ0n) is 24.0. The molecule has 0 spiro atoms. The van der Waals surface area contributed by atoms with E-state index in [4.69, 9.17) is 9.72 Å². The number of fused-ring (bicyclic) bond motifs is 1. The summed E-state index contributed by atoms with van der Waals surface area (Å²) in [6.07, 6.45) is 6.17. The third-order valence-electron chi connectivity index (χ3n) is 8.34. The molecule has 3 N–H and O–H groups in total. The number of rotatable bonds is 9. The molecule has 6 rings (SSSR count). The molecule has 9 nitrogen and oxygen atoms in total. The van der Waals surface area contributed by atoms with Crippen molar-refractivity contribution in [3.05, 3.63) is 66.2 Å². The largest absolute Gasteiger partial charge is 0.437 e. The molecule has 3 heterocycles. The number of sulfonamides is 1. The van der Waals surface area contributed by atoms with Crippen molar-refractivity contribution in [2.45, 2.75) is 51.2 Å². The summed E-state index contributed by atoms with van der Waals surface area (Å²) in [5.41, 5.74) is 0.230. The molecule has 0 radical (unpaired) electrons. The van der Waals surface area contributed by atoms with E-state index in [0.29, 0.717) is 46.6 Å². The van der Waals surface area contributed by atoms with E-state index < -0.39 is 33.2 Å². The number of halogens is 2. The van der Waals surface area contributed by atoms with Gasteiger partial charge in [-0.3, -0.25) is 4.72 Å². The number of hydrogen-bond acceptors (Lipinski definition) is 8. The van der Waals surface area contributed by atoms with Gasteiger partial charge in [-0.25, -0.2) is 32.2 Å². The lowest BCUT2D eigenvalue weighted by atomic mass is 9.73. The summed E-state index contributed by atoms with van der Waals surface area (Å²) in [6, 6.07) is 11.7. The van der Waals surface area contributed by atoms with Crippen molar-refractivity contribution in [3.63, 3.8) is 0 Å². The van der Waals surface area contributed by atoms with Crippen LogP contribution in [-0.4, -0.2) is 53.9 Å². The summed E-state index contributed by atoms with van der Waals surface area (Å²) >= 11 is 0. The number of nitrogens with zero attached hydrogens (tertiary/aromatic N) is 3. The van der Waals surface area contributed by atoms with Gasteiger partial charge in [0, 0.05) is 41.7 Å². The highest BCUT2D eigenvalue weighted by Crippen LogP contribution is 2.43. The molecule has 0 amide bonds. The number of aromatic nitrogens is 3. The Morgan fingerprint density at radius 3 is 2.67 bits per heavy atom. The molecule has 3 atom stereocenters. The van der Waals surface area contributed by atoms with Crippen LogP contribution in [0.1, 0.15) is 38.2 Å². The van der Waals surface area contributed by atoms with Crippen LogP contribution in [0.15, 0.2) is 54.9 Å². The van der Waals surface area contributed by atoms with E-state index >= 15 is 4.39 Å². The number of ether oxygens (including phenoxy) is 1. The first-order valence-electron chi connectivity index (χ1n) is 14.4. The molecule has 2 aliphatic rings. The second kappa shape index (κ2) is 11.6. The van der Waals surface area contributed by atoms with Crippen LogP contribution in [0.5, 0.6) is 11.6 Å². The Balaban J connectivity index is 1.32. The summed E-state index contributed by atoms with van der Waals surface area (Å²) in [5.74, 6) is -0.617. The highest BCUT2D eigenvalue weighted by molar-refractivity contribution is 7.92. The lowest BCUT2D eigenvalue weighted by Crippen LogP contribution is -2.44. The average molecular weight is 609 g/mol. The van der Waals surface area contributed by atoms with Crippen LogP contribution in [0.3, 0.4) is 0 Å². The molecule has 1 saturated carbocycles. The maximum Gasteiger partial charge on any atom is 0.233 e. The predicted molar refractivity (Wildman–Crippen MR) is 163 cm³/mol. The van der Waals surface area contributed by atoms with Crippen LogP contribution in [-0.2, 0) is 10.0 Å². The van der Waals surface area contributed by atoms with E-state index in [2.05, 4.69) is 25.3 Å². The van der Waals surface area contributed by atoms with Crippen molar-refractivity contribution in [3.8, 4) is 22.9 Å². The van der Waals surface area contributed by atoms with E-state index in [1.807, 2.05) is 13.0 Å². The Kier molecular flexibility index (Phi) is 7.91. The van der Waals surface area contributed by atoms with Gasteiger partial charge in [-0.05, 0) is 82.0 Å². The van der Waals surface area contributed by atoms with Gasteiger partial charge in [0.25, 0.3) is 0 Å². The number of anilines is 2. The van der Waals surface area contributed by atoms with Crippen molar-refractivity contribution >= 4 is 32.4 Å². The number of pyridine rings is 1. The number of alkyl halides is 1. The molecule has 43 heavy (non-hydrogen) atoms. The number of hydrogen-bond donors (Lipinski definition) is 3. The summed E-state index contributed by atoms with van der Waals surface area (Å²) in [7, 11) is -4.03. The van der Waals surface area contributed by atoms with Gasteiger partial charge in [0.2, 0.25) is 21.9 Å². The maximum absolute atomic E-state index is 15.1. The van der Waals surface area contributed by atoms with Crippen LogP contribution in [0.25, 0.3) is 22.0 Å². The lowest BCUT2D eigenvalue weighted by molar-refractivity contribution is 0.0167. The van der Waals surface area contributed by atoms with Crippen LogP contribution in [0.4, 0.5) is 20.4 Å². The topological polar surface area (TPSA) is 118 Å². The second-order valence-electron chi connectivity index (χ2n) is 11.5. The standard InChI is InChI=1S/C31H34F2N6O3S/c1-19-7-8-22-23(9-10-25(32)27(22)39-43(40,41)18-20-11-13-31(20,2)33)28(19)42-29-24(6-4-15-35-29)26-12-16-36-30(38-26)37-21-5-3-14-34-17-21/h4,6-10,12,15-16,20-21,34,39H,3,5,11,13-14,17-18H2,1-2H3,(H,36,37,38)/t20-,21+,31?/m1/s1. The van der Waals surface area contributed by atoms with E-state index in [-0.39, 0.29) is 17.6 Å². The molecule has 2 aromatic carbocycles. The smallest absolute Gasteiger partial charge is 0.233 e. The average Bonchev–Trinajstić information content (AvgIpc) is 2.99. The van der Waals surface area contributed by atoms with E-state index in [1.165, 1.54) is 13.0 Å². The van der Waals surface area contributed by atoms with E-state index in [9.17, 15) is 12.8 Å². The molecule has 1 unspecified atom stereocenters. The van der Waals surface area contributed by atoms with E-state index in [0.717, 1.165) is 31.5 Å². The van der Waals surface area contributed by atoms with Crippen molar-refractivity contribution < 1.29 is 21.9 Å². The minimum atomic E-state index is -4.03. The van der Waals surface area contributed by atoms with Crippen molar-refractivity contribution in [2.75, 3.05) is 28.9 Å². The molecular formula is C31H34F2N6O3S. The SMILES string of the molecule is Cc1ccc2c(NS(=O)(=O)C[C@H]3CCC3(C)F)c(F)ccc2c1Oc1ncccc1-c1ccnc(N[C@H]2CCCNC2)n1. The molecule has 12 heteroatoms. The van der Waals surface area contributed by atoms with Gasteiger partial charge in [0.15, 0.2) is 0 Å². The fraction of sp³-hybridized carbons (Fsp3) is 0.387. The van der Waals surface area contributed by atoms with Crippen LogP contribution < -0.4 is 20.1 Å². The van der Waals surface area contributed by atoms with Gasteiger partial charge in [0.1, 0.15) is 17.2 Å². The van der Waals surface area contributed by atoms with E-state index in [1.54, 1.807) is 42.7 Å². The zero-order valence-corrected chi connectivity index (χ0v) is 24.8. The van der Waals surface area contributed by atoms with Crippen LogP contribution in [0, 0.1) is 18.7 Å². The predicted octanol–water partition coefficient (Wildman–Crippen LogP) is 5.98. The van der Waals surface area contributed by atoms with Gasteiger partial charge in [-0.1, -0.05) is 12.1 Å². The summed E-state index contributed by atoms with van der Waals surface area (Å²) in [6.45, 7) is 5.08. The molecular weight excluding hydrogens is 574 g/mol. The summed E-state index contributed by atoms with van der Waals surface area (Å²) < 4.78 is 64.3. The first-order chi connectivity index (χ1) is 20.6. The summed E-state index contributed by atoms with van der Waals surface area (Å²) in [5, 5.41) is 7.56. The molecule has 0 bridgehead atoms. The maximum atomic E-state index is 15.1. The first kappa shape index (κ1) is 29.2. The minimum absolute atomic E-state index is 0.202. The van der Waals surface area contributed by atoms with Gasteiger partial charge < -0.3 is 15.4 Å². The monoisotopic (exact) mass is 608 g/mol. The fourth-order valence-electron chi connectivity index (χ4n) is 5.66. The van der Waals surface area contributed by atoms with Crippen molar-refractivity contribution in [1.29, 1.82) is 0 Å². The number of aryl methyl sites for hydroxylation is 1. The normalized spacial score (nSPS) is 22.1. The van der Waals surface area contributed by atoms with Crippen LogP contribution in [0.2, 0.25) is 0 Å². The quantitative estimate of drug-likeness (QED) is 0.213. The Hall–Kier alpha value is -3.90. The molecule has 226 valence electrons. The Bertz CT molecular complexity index is 1760. The molecule has 2 fully saturated rings. The molecule has 1 saturated heterocycles. The van der Waals surface area contributed by atoms with Crippen LogP contribution >= 0.6 is 0 Å². The highest BCUT2D eigenvalue weighted by Gasteiger charge is 2.45. The zero-order chi connectivity index (χ0) is 30.2. The third kappa shape index (κ3) is 6.25. The van der Waals surface area contributed by atoms with Gasteiger partial charge in [0.05, 0.1) is 22.7 Å². The Labute approximate surface area is 249 Å². The Morgan fingerprint density at radius 2 is 1.93 bits per heavy atom. The van der Waals surface area contributed by atoms with Gasteiger partial charge in [-0.15, -0.1) is 0 Å². The number of nitrogens with one attached hydrogen (secondary N) is 3.